The lowest BCUT2D eigenvalue weighted by molar-refractivity contribution is -0.121. The van der Waals surface area contributed by atoms with E-state index in [9.17, 15) is 9.90 Å². The van der Waals surface area contributed by atoms with Gasteiger partial charge in [-0.1, -0.05) is 18.5 Å². The molecule has 0 fully saturated rings. The van der Waals surface area contributed by atoms with Crippen LogP contribution in [0.5, 0.6) is 0 Å². The second-order valence-corrected chi connectivity index (χ2v) is 4.96. The number of carbonyl (C=O) groups excluding carboxylic acids is 1. The summed E-state index contributed by atoms with van der Waals surface area (Å²) < 4.78 is 0.643. The SMILES string of the molecule is CCCC(=O)NCC(O)c1ccc(Cl)s1. The summed E-state index contributed by atoms with van der Waals surface area (Å²) in [5.74, 6) is -0.0285. The van der Waals surface area contributed by atoms with Crippen molar-refractivity contribution >= 4 is 28.8 Å². The Morgan fingerprint density at radius 3 is 2.93 bits per heavy atom. The van der Waals surface area contributed by atoms with Crippen molar-refractivity contribution < 1.29 is 9.90 Å². The monoisotopic (exact) mass is 247 g/mol. The van der Waals surface area contributed by atoms with E-state index in [1.54, 1.807) is 12.1 Å². The number of thiophene rings is 1. The van der Waals surface area contributed by atoms with Crippen molar-refractivity contribution in [2.45, 2.75) is 25.9 Å². The van der Waals surface area contributed by atoms with Gasteiger partial charge in [-0.05, 0) is 18.6 Å². The third-order valence-corrected chi connectivity index (χ3v) is 3.22. The minimum atomic E-state index is -0.664. The molecule has 1 aromatic rings. The Morgan fingerprint density at radius 2 is 2.40 bits per heavy atom. The average molecular weight is 248 g/mol. The topological polar surface area (TPSA) is 49.3 Å². The Bertz CT molecular complexity index is 327. The Morgan fingerprint density at radius 1 is 1.67 bits per heavy atom. The maximum atomic E-state index is 11.1. The van der Waals surface area contributed by atoms with E-state index in [1.165, 1.54) is 11.3 Å². The lowest BCUT2D eigenvalue weighted by Crippen LogP contribution is -2.27. The van der Waals surface area contributed by atoms with Gasteiger partial charge in [0.05, 0.1) is 4.34 Å². The fourth-order valence-electron chi connectivity index (χ4n) is 1.13. The molecule has 1 amide bonds. The molecule has 1 atom stereocenters. The van der Waals surface area contributed by atoms with Gasteiger partial charge < -0.3 is 10.4 Å². The van der Waals surface area contributed by atoms with Gasteiger partial charge in [-0.2, -0.15) is 0 Å². The van der Waals surface area contributed by atoms with Gasteiger partial charge in [0.2, 0.25) is 5.91 Å². The highest BCUT2D eigenvalue weighted by Gasteiger charge is 2.11. The van der Waals surface area contributed by atoms with Crippen molar-refractivity contribution in [3.63, 3.8) is 0 Å². The second-order valence-electron chi connectivity index (χ2n) is 3.21. The molecule has 0 aliphatic carbocycles. The predicted molar refractivity (Wildman–Crippen MR) is 62.2 cm³/mol. The summed E-state index contributed by atoms with van der Waals surface area (Å²) in [6.45, 7) is 2.19. The second kappa shape index (κ2) is 6.10. The van der Waals surface area contributed by atoms with Crippen molar-refractivity contribution in [2.75, 3.05) is 6.54 Å². The molecule has 0 saturated heterocycles. The van der Waals surface area contributed by atoms with Crippen molar-refractivity contribution in [1.29, 1.82) is 0 Å². The molecule has 0 radical (unpaired) electrons. The zero-order chi connectivity index (χ0) is 11.3. The summed E-state index contributed by atoms with van der Waals surface area (Å²) in [6.07, 6.45) is 0.647. The highest BCUT2D eigenvalue weighted by atomic mass is 35.5. The zero-order valence-electron chi connectivity index (χ0n) is 8.50. The molecular formula is C10H14ClNO2S. The number of hydrogen-bond donors (Lipinski definition) is 2. The molecule has 1 unspecified atom stereocenters. The van der Waals surface area contributed by atoms with E-state index >= 15 is 0 Å². The lowest BCUT2D eigenvalue weighted by Gasteiger charge is -2.09. The molecule has 0 saturated carbocycles. The van der Waals surface area contributed by atoms with Crippen molar-refractivity contribution in [2.24, 2.45) is 0 Å². The highest BCUT2D eigenvalue weighted by Crippen LogP contribution is 2.26. The minimum absolute atomic E-state index is 0.0285. The Hall–Kier alpha value is -0.580. The van der Waals surface area contributed by atoms with Crippen LogP contribution in [0.25, 0.3) is 0 Å². The number of carbonyl (C=O) groups is 1. The standard InChI is InChI=1S/C10H14ClNO2S/c1-2-3-10(14)12-6-7(13)8-4-5-9(11)15-8/h4-5,7,13H,2-3,6H2,1H3,(H,12,14). The summed E-state index contributed by atoms with van der Waals surface area (Å²) >= 11 is 7.06. The molecule has 3 nitrogen and oxygen atoms in total. The molecule has 1 rings (SSSR count). The van der Waals surface area contributed by atoms with Gasteiger partial charge in [-0.15, -0.1) is 11.3 Å². The highest BCUT2D eigenvalue weighted by molar-refractivity contribution is 7.16. The first-order valence-electron chi connectivity index (χ1n) is 4.83. The maximum Gasteiger partial charge on any atom is 0.220 e. The zero-order valence-corrected chi connectivity index (χ0v) is 10.1. The molecule has 0 aromatic carbocycles. The van der Waals surface area contributed by atoms with Crippen molar-refractivity contribution in [1.82, 2.24) is 5.32 Å². The first-order chi connectivity index (χ1) is 7.13. The Labute approximate surface area is 98.1 Å². The quantitative estimate of drug-likeness (QED) is 0.839. The van der Waals surface area contributed by atoms with Crippen LogP contribution >= 0.6 is 22.9 Å². The molecule has 15 heavy (non-hydrogen) atoms. The number of halogens is 1. The Balaban J connectivity index is 2.36. The number of amides is 1. The molecule has 1 heterocycles. The Kier molecular flexibility index (Phi) is 5.08. The van der Waals surface area contributed by atoms with E-state index < -0.39 is 6.10 Å². The van der Waals surface area contributed by atoms with E-state index in [0.717, 1.165) is 11.3 Å². The van der Waals surface area contributed by atoms with E-state index in [1.807, 2.05) is 6.92 Å². The van der Waals surface area contributed by atoms with Crippen LogP contribution in [0.15, 0.2) is 12.1 Å². The molecule has 2 N–H and O–H groups in total. The van der Waals surface area contributed by atoms with Gasteiger partial charge in [0.1, 0.15) is 6.10 Å². The first kappa shape index (κ1) is 12.5. The summed E-state index contributed by atoms with van der Waals surface area (Å²) in [7, 11) is 0. The predicted octanol–water partition coefficient (Wildman–Crippen LogP) is 2.35. The van der Waals surface area contributed by atoms with Crippen LogP contribution in [-0.2, 0) is 4.79 Å². The largest absolute Gasteiger partial charge is 0.386 e. The minimum Gasteiger partial charge on any atom is -0.386 e. The van der Waals surface area contributed by atoms with Crippen LogP contribution in [-0.4, -0.2) is 17.6 Å². The third-order valence-electron chi connectivity index (χ3n) is 1.89. The molecular weight excluding hydrogens is 234 g/mol. The molecule has 0 spiro atoms. The third kappa shape index (κ3) is 4.20. The van der Waals surface area contributed by atoms with Crippen LogP contribution < -0.4 is 5.32 Å². The summed E-state index contributed by atoms with van der Waals surface area (Å²) in [5.41, 5.74) is 0. The van der Waals surface area contributed by atoms with E-state index in [2.05, 4.69) is 5.32 Å². The molecule has 84 valence electrons. The lowest BCUT2D eigenvalue weighted by atomic mass is 10.2. The van der Waals surface area contributed by atoms with Gasteiger partial charge in [0, 0.05) is 17.8 Å². The van der Waals surface area contributed by atoms with E-state index in [0.29, 0.717) is 10.8 Å². The van der Waals surface area contributed by atoms with Crippen molar-refractivity contribution in [3.8, 4) is 0 Å². The fraction of sp³-hybridized carbons (Fsp3) is 0.500. The van der Waals surface area contributed by atoms with Crippen LogP contribution in [0, 0.1) is 0 Å². The van der Waals surface area contributed by atoms with Crippen LogP contribution in [0.2, 0.25) is 4.34 Å². The number of aliphatic hydroxyl groups is 1. The number of aliphatic hydroxyl groups excluding tert-OH is 1. The summed E-state index contributed by atoms with van der Waals surface area (Å²) in [5, 5.41) is 12.4. The van der Waals surface area contributed by atoms with Crippen LogP contribution in [0.4, 0.5) is 0 Å². The molecule has 1 aromatic heterocycles. The summed E-state index contributed by atoms with van der Waals surface area (Å²) in [6, 6.07) is 3.50. The smallest absolute Gasteiger partial charge is 0.220 e. The van der Waals surface area contributed by atoms with E-state index in [-0.39, 0.29) is 12.5 Å². The molecule has 0 aliphatic heterocycles. The van der Waals surface area contributed by atoms with Gasteiger partial charge in [-0.25, -0.2) is 0 Å². The first-order valence-corrected chi connectivity index (χ1v) is 6.03. The van der Waals surface area contributed by atoms with Gasteiger partial charge in [0.15, 0.2) is 0 Å². The van der Waals surface area contributed by atoms with Gasteiger partial charge >= 0.3 is 0 Å². The van der Waals surface area contributed by atoms with Crippen molar-refractivity contribution in [3.05, 3.63) is 21.3 Å². The maximum absolute atomic E-state index is 11.1. The number of hydrogen-bond acceptors (Lipinski definition) is 3. The van der Waals surface area contributed by atoms with E-state index in [4.69, 9.17) is 11.6 Å². The average Bonchev–Trinajstić information content (AvgIpc) is 2.62. The summed E-state index contributed by atoms with van der Waals surface area (Å²) in [4.78, 5) is 11.9. The molecule has 5 heteroatoms. The fourth-order valence-corrected chi connectivity index (χ4v) is 2.18. The molecule has 0 aliphatic rings. The normalized spacial score (nSPS) is 12.5. The number of rotatable bonds is 5. The molecule has 0 bridgehead atoms. The van der Waals surface area contributed by atoms with Gasteiger partial charge in [-0.3, -0.25) is 4.79 Å². The van der Waals surface area contributed by atoms with Crippen LogP contribution in [0.1, 0.15) is 30.7 Å². The van der Waals surface area contributed by atoms with Crippen LogP contribution in [0.3, 0.4) is 0 Å². The number of nitrogens with one attached hydrogen (secondary N) is 1. The van der Waals surface area contributed by atoms with Gasteiger partial charge in [0.25, 0.3) is 0 Å².